The second-order valence-electron chi connectivity index (χ2n) is 3.97. The SMILES string of the molecule is CCCCNC(=O)[C@@H](CC)Oc1ccccc1. The van der Waals surface area contributed by atoms with Crippen LogP contribution in [0.15, 0.2) is 30.3 Å². The summed E-state index contributed by atoms with van der Waals surface area (Å²) in [4.78, 5) is 11.8. The zero-order valence-corrected chi connectivity index (χ0v) is 10.6. The van der Waals surface area contributed by atoms with Gasteiger partial charge in [0, 0.05) is 6.54 Å². The predicted molar refractivity (Wildman–Crippen MR) is 69.1 cm³/mol. The number of nitrogens with one attached hydrogen (secondary N) is 1. The highest BCUT2D eigenvalue weighted by Gasteiger charge is 2.17. The minimum atomic E-state index is -0.394. The van der Waals surface area contributed by atoms with Crippen molar-refractivity contribution in [3.05, 3.63) is 30.3 Å². The van der Waals surface area contributed by atoms with Gasteiger partial charge in [-0.15, -0.1) is 0 Å². The normalized spacial score (nSPS) is 11.9. The van der Waals surface area contributed by atoms with E-state index in [0.29, 0.717) is 6.42 Å². The summed E-state index contributed by atoms with van der Waals surface area (Å²) in [7, 11) is 0. The van der Waals surface area contributed by atoms with Gasteiger partial charge in [0.25, 0.3) is 5.91 Å². The second kappa shape index (κ2) is 7.71. The first-order chi connectivity index (χ1) is 8.27. The number of amides is 1. The number of hydrogen-bond donors (Lipinski definition) is 1. The highest BCUT2D eigenvalue weighted by Crippen LogP contribution is 2.12. The van der Waals surface area contributed by atoms with E-state index in [-0.39, 0.29) is 5.91 Å². The third-order valence-corrected chi connectivity index (χ3v) is 2.51. The number of rotatable bonds is 7. The van der Waals surface area contributed by atoms with Gasteiger partial charge in [0.1, 0.15) is 5.75 Å². The molecule has 0 spiro atoms. The molecule has 0 aliphatic rings. The van der Waals surface area contributed by atoms with E-state index in [1.165, 1.54) is 0 Å². The molecule has 3 heteroatoms. The molecule has 0 aliphatic heterocycles. The Morgan fingerprint density at radius 2 is 2.00 bits per heavy atom. The number of carbonyl (C=O) groups is 1. The molecule has 1 aromatic carbocycles. The van der Waals surface area contributed by atoms with Gasteiger partial charge in [0.15, 0.2) is 6.10 Å². The molecule has 3 nitrogen and oxygen atoms in total. The van der Waals surface area contributed by atoms with Crippen LogP contribution in [0.1, 0.15) is 33.1 Å². The molecule has 94 valence electrons. The van der Waals surface area contributed by atoms with Gasteiger partial charge in [-0.05, 0) is 25.0 Å². The molecule has 1 N–H and O–H groups in total. The summed E-state index contributed by atoms with van der Waals surface area (Å²) in [5.74, 6) is 0.717. The Balaban J connectivity index is 2.45. The lowest BCUT2D eigenvalue weighted by atomic mass is 10.2. The van der Waals surface area contributed by atoms with Crippen molar-refractivity contribution in [2.24, 2.45) is 0 Å². The molecular weight excluding hydrogens is 214 g/mol. The minimum absolute atomic E-state index is 0.0233. The van der Waals surface area contributed by atoms with E-state index >= 15 is 0 Å². The van der Waals surface area contributed by atoms with E-state index in [1.54, 1.807) is 0 Å². The van der Waals surface area contributed by atoms with E-state index < -0.39 is 6.10 Å². The summed E-state index contributed by atoms with van der Waals surface area (Å²) >= 11 is 0. The maximum Gasteiger partial charge on any atom is 0.261 e. The lowest BCUT2D eigenvalue weighted by Gasteiger charge is -2.17. The topological polar surface area (TPSA) is 38.3 Å². The van der Waals surface area contributed by atoms with Crippen LogP contribution >= 0.6 is 0 Å². The molecular formula is C14H21NO2. The Bertz CT molecular complexity index is 324. The van der Waals surface area contributed by atoms with Crippen LogP contribution in [-0.4, -0.2) is 18.6 Å². The first-order valence-electron chi connectivity index (χ1n) is 6.27. The number of benzene rings is 1. The van der Waals surface area contributed by atoms with Crippen LogP contribution in [0.3, 0.4) is 0 Å². The summed E-state index contributed by atoms with van der Waals surface area (Å²) in [6.07, 6.45) is 2.37. The second-order valence-corrected chi connectivity index (χ2v) is 3.97. The molecule has 0 radical (unpaired) electrons. The van der Waals surface area contributed by atoms with Gasteiger partial charge < -0.3 is 10.1 Å². The Morgan fingerprint density at radius 1 is 1.29 bits per heavy atom. The van der Waals surface area contributed by atoms with E-state index in [0.717, 1.165) is 25.1 Å². The van der Waals surface area contributed by atoms with E-state index in [4.69, 9.17) is 4.74 Å². The van der Waals surface area contributed by atoms with Gasteiger partial charge in [0.05, 0.1) is 0 Å². The molecule has 0 saturated carbocycles. The Morgan fingerprint density at radius 3 is 2.59 bits per heavy atom. The van der Waals surface area contributed by atoms with Gasteiger partial charge in [-0.2, -0.15) is 0 Å². The fourth-order valence-electron chi connectivity index (χ4n) is 1.49. The zero-order valence-electron chi connectivity index (χ0n) is 10.6. The molecule has 1 atom stereocenters. The first-order valence-corrected chi connectivity index (χ1v) is 6.27. The number of para-hydroxylation sites is 1. The Hall–Kier alpha value is -1.51. The van der Waals surface area contributed by atoms with Crippen LogP contribution in [0.5, 0.6) is 5.75 Å². The standard InChI is InChI=1S/C14H21NO2/c1-3-5-11-15-14(16)13(4-2)17-12-9-7-6-8-10-12/h6-10,13H,3-5,11H2,1-2H3,(H,15,16)/t13-/m1/s1. The van der Waals surface area contributed by atoms with E-state index in [2.05, 4.69) is 12.2 Å². The van der Waals surface area contributed by atoms with Crippen molar-refractivity contribution in [2.75, 3.05) is 6.54 Å². The van der Waals surface area contributed by atoms with Gasteiger partial charge in [-0.25, -0.2) is 0 Å². The minimum Gasteiger partial charge on any atom is -0.481 e. The monoisotopic (exact) mass is 235 g/mol. The van der Waals surface area contributed by atoms with E-state index in [9.17, 15) is 4.79 Å². The molecule has 0 aromatic heterocycles. The highest BCUT2D eigenvalue weighted by molar-refractivity contribution is 5.81. The highest BCUT2D eigenvalue weighted by atomic mass is 16.5. The van der Waals surface area contributed by atoms with Crippen molar-refractivity contribution in [2.45, 2.75) is 39.2 Å². The molecule has 0 unspecified atom stereocenters. The molecule has 17 heavy (non-hydrogen) atoms. The van der Waals surface area contributed by atoms with Gasteiger partial charge in [0.2, 0.25) is 0 Å². The maximum atomic E-state index is 11.8. The van der Waals surface area contributed by atoms with Crippen molar-refractivity contribution in [3.8, 4) is 5.75 Å². The van der Waals surface area contributed by atoms with Gasteiger partial charge >= 0.3 is 0 Å². The largest absolute Gasteiger partial charge is 0.481 e. The number of ether oxygens (including phenoxy) is 1. The summed E-state index contributed by atoms with van der Waals surface area (Å²) in [6, 6.07) is 9.45. The van der Waals surface area contributed by atoms with Crippen molar-refractivity contribution in [1.82, 2.24) is 5.32 Å². The van der Waals surface area contributed by atoms with Crippen molar-refractivity contribution >= 4 is 5.91 Å². The third kappa shape index (κ3) is 4.89. The van der Waals surface area contributed by atoms with Gasteiger partial charge in [-0.3, -0.25) is 4.79 Å². The Labute approximate surface area is 103 Å². The first kappa shape index (κ1) is 13.6. The smallest absolute Gasteiger partial charge is 0.261 e. The summed E-state index contributed by atoms with van der Waals surface area (Å²) < 4.78 is 5.64. The molecule has 1 rings (SSSR count). The van der Waals surface area contributed by atoms with E-state index in [1.807, 2.05) is 37.3 Å². The van der Waals surface area contributed by atoms with Crippen LogP contribution < -0.4 is 10.1 Å². The summed E-state index contributed by atoms with van der Waals surface area (Å²) in [6.45, 7) is 4.78. The maximum absolute atomic E-state index is 11.8. The third-order valence-electron chi connectivity index (χ3n) is 2.51. The lowest BCUT2D eigenvalue weighted by Crippen LogP contribution is -2.38. The average molecular weight is 235 g/mol. The summed E-state index contributed by atoms with van der Waals surface area (Å²) in [5, 5.41) is 2.89. The summed E-state index contributed by atoms with van der Waals surface area (Å²) in [5.41, 5.74) is 0. The van der Waals surface area contributed by atoms with Crippen LogP contribution in [0.4, 0.5) is 0 Å². The molecule has 0 saturated heterocycles. The fourth-order valence-corrected chi connectivity index (χ4v) is 1.49. The number of hydrogen-bond acceptors (Lipinski definition) is 2. The number of unbranched alkanes of at least 4 members (excludes halogenated alkanes) is 1. The Kier molecular flexibility index (Phi) is 6.15. The van der Waals surface area contributed by atoms with Gasteiger partial charge in [-0.1, -0.05) is 38.5 Å². The van der Waals surface area contributed by atoms with Crippen molar-refractivity contribution in [3.63, 3.8) is 0 Å². The molecule has 0 aliphatic carbocycles. The molecule has 1 amide bonds. The fraction of sp³-hybridized carbons (Fsp3) is 0.500. The van der Waals surface area contributed by atoms with Crippen LogP contribution in [0, 0.1) is 0 Å². The molecule has 1 aromatic rings. The number of carbonyl (C=O) groups excluding carboxylic acids is 1. The van der Waals surface area contributed by atoms with Crippen molar-refractivity contribution in [1.29, 1.82) is 0 Å². The van der Waals surface area contributed by atoms with Crippen LogP contribution in [0.2, 0.25) is 0 Å². The average Bonchev–Trinajstić information content (AvgIpc) is 2.37. The predicted octanol–water partition coefficient (Wildman–Crippen LogP) is 2.76. The van der Waals surface area contributed by atoms with Crippen LogP contribution in [0.25, 0.3) is 0 Å². The zero-order chi connectivity index (χ0) is 12.5. The van der Waals surface area contributed by atoms with Crippen molar-refractivity contribution < 1.29 is 9.53 Å². The van der Waals surface area contributed by atoms with Crippen LogP contribution in [-0.2, 0) is 4.79 Å². The molecule has 0 heterocycles. The molecule has 0 fully saturated rings. The lowest BCUT2D eigenvalue weighted by molar-refractivity contribution is -0.128. The molecule has 0 bridgehead atoms. The quantitative estimate of drug-likeness (QED) is 0.738.